The Balaban J connectivity index is 1.60. The maximum absolute atomic E-state index is 12.7. The molecule has 8 heteroatoms. The van der Waals surface area contributed by atoms with Gasteiger partial charge in [0, 0.05) is 30.5 Å². The summed E-state index contributed by atoms with van der Waals surface area (Å²) in [6.45, 7) is 0.601. The van der Waals surface area contributed by atoms with Crippen LogP contribution in [0, 0.1) is 5.92 Å². The first-order valence-corrected chi connectivity index (χ1v) is 11.2. The Morgan fingerprint density at radius 1 is 1.07 bits per heavy atom. The van der Waals surface area contributed by atoms with Crippen molar-refractivity contribution >= 4 is 27.7 Å². The van der Waals surface area contributed by atoms with E-state index in [-0.39, 0.29) is 11.8 Å². The van der Waals surface area contributed by atoms with E-state index in [1.165, 1.54) is 16.8 Å². The maximum atomic E-state index is 12.7. The molecule has 0 atom stereocenters. The van der Waals surface area contributed by atoms with E-state index in [0.717, 1.165) is 5.56 Å². The number of rotatable bonds is 7. The minimum atomic E-state index is -3.52. The molecule has 2 aromatic rings. The standard InChI is InChI=1S/C22H26N2O5S/c1-28-19-8-9-21(29-2)20(16-19)23-22(25)18-10-13-24(14-11-18)30(26,27)15-12-17-6-4-3-5-7-17/h3-9,12,15-16,18H,10-11,13-14H2,1-2H3,(H,23,25)/b15-12+. The van der Waals surface area contributed by atoms with Gasteiger partial charge in [0.25, 0.3) is 0 Å². The summed E-state index contributed by atoms with van der Waals surface area (Å²) in [7, 11) is -0.442. The van der Waals surface area contributed by atoms with Crippen molar-refractivity contribution in [2.24, 2.45) is 5.92 Å². The Hall–Kier alpha value is -2.84. The van der Waals surface area contributed by atoms with Crippen molar-refractivity contribution in [3.8, 4) is 11.5 Å². The first kappa shape index (κ1) is 21.9. The second-order valence-electron chi connectivity index (χ2n) is 6.99. The number of methoxy groups -OCH3 is 2. The highest BCUT2D eigenvalue weighted by Gasteiger charge is 2.30. The Morgan fingerprint density at radius 2 is 1.77 bits per heavy atom. The van der Waals surface area contributed by atoms with Crippen LogP contribution in [0.2, 0.25) is 0 Å². The quantitative estimate of drug-likeness (QED) is 0.728. The normalized spacial score (nSPS) is 15.8. The van der Waals surface area contributed by atoms with Crippen molar-refractivity contribution < 1.29 is 22.7 Å². The summed E-state index contributed by atoms with van der Waals surface area (Å²) in [6.07, 6.45) is 2.50. The number of nitrogens with one attached hydrogen (secondary N) is 1. The SMILES string of the molecule is COc1ccc(OC)c(NC(=O)C2CCN(S(=O)(=O)/C=C/c3ccccc3)CC2)c1. The van der Waals surface area contributed by atoms with Gasteiger partial charge in [-0.05, 0) is 36.6 Å². The molecule has 1 N–H and O–H groups in total. The van der Waals surface area contributed by atoms with Crippen molar-refractivity contribution in [1.82, 2.24) is 4.31 Å². The monoisotopic (exact) mass is 430 g/mol. The van der Waals surface area contributed by atoms with Crippen molar-refractivity contribution in [3.63, 3.8) is 0 Å². The van der Waals surface area contributed by atoms with Crippen LogP contribution >= 0.6 is 0 Å². The van der Waals surface area contributed by atoms with Crippen LogP contribution in [0.5, 0.6) is 11.5 Å². The van der Waals surface area contributed by atoms with Crippen LogP contribution in [0.4, 0.5) is 5.69 Å². The lowest BCUT2D eigenvalue weighted by molar-refractivity contribution is -0.120. The van der Waals surface area contributed by atoms with E-state index in [0.29, 0.717) is 43.1 Å². The molecule has 1 aliphatic heterocycles. The molecule has 1 saturated heterocycles. The van der Waals surface area contributed by atoms with Crippen LogP contribution in [0.15, 0.2) is 53.9 Å². The third-order valence-electron chi connectivity index (χ3n) is 5.08. The van der Waals surface area contributed by atoms with Crippen LogP contribution in [-0.2, 0) is 14.8 Å². The number of hydrogen-bond acceptors (Lipinski definition) is 5. The van der Waals surface area contributed by atoms with E-state index in [1.54, 1.807) is 31.4 Å². The van der Waals surface area contributed by atoms with E-state index < -0.39 is 10.0 Å². The lowest BCUT2D eigenvalue weighted by Crippen LogP contribution is -2.40. The van der Waals surface area contributed by atoms with Gasteiger partial charge >= 0.3 is 0 Å². The molecule has 1 aliphatic rings. The summed E-state index contributed by atoms with van der Waals surface area (Å²) in [4.78, 5) is 12.7. The average Bonchev–Trinajstić information content (AvgIpc) is 2.78. The molecule has 0 radical (unpaired) electrons. The molecule has 1 fully saturated rings. The molecule has 0 aliphatic carbocycles. The Bertz CT molecular complexity index is 997. The minimum absolute atomic E-state index is 0.154. The molecular weight excluding hydrogens is 404 g/mol. The van der Waals surface area contributed by atoms with Gasteiger partial charge in [0.1, 0.15) is 11.5 Å². The average molecular weight is 431 g/mol. The molecule has 1 heterocycles. The Labute approximate surface area is 177 Å². The van der Waals surface area contributed by atoms with Gasteiger partial charge in [0.05, 0.1) is 19.9 Å². The largest absolute Gasteiger partial charge is 0.497 e. The molecule has 0 bridgehead atoms. The van der Waals surface area contributed by atoms with Crippen molar-refractivity contribution in [1.29, 1.82) is 0 Å². The number of nitrogens with zero attached hydrogens (tertiary/aromatic N) is 1. The van der Waals surface area contributed by atoms with Crippen LogP contribution in [0.3, 0.4) is 0 Å². The highest BCUT2D eigenvalue weighted by atomic mass is 32.2. The Kier molecular flexibility index (Phi) is 7.12. The van der Waals surface area contributed by atoms with Crippen LogP contribution in [0.1, 0.15) is 18.4 Å². The number of piperidine rings is 1. The lowest BCUT2D eigenvalue weighted by atomic mass is 9.97. The fourth-order valence-corrected chi connectivity index (χ4v) is 4.55. The molecule has 0 spiro atoms. The first-order chi connectivity index (χ1) is 14.4. The van der Waals surface area contributed by atoms with Gasteiger partial charge in [-0.1, -0.05) is 30.3 Å². The summed E-state index contributed by atoms with van der Waals surface area (Å²) in [6, 6.07) is 14.4. The molecule has 0 saturated carbocycles. The molecule has 0 unspecified atom stereocenters. The number of hydrogen-bond donors (Lipinski definition) is 1. The van der Waals surface area contributed by atoms with Gasteiger partial charge < -0.3 is 14.8 Å². The van der Waals surface area contributed by atoms with Gasteiger partial charge in [-0.15, -0.1) is 0 Å². The molecule has 3 rings (SSSR count). The highest BCUT2D eigenvalue weighted by molar-refractivity contribution is 7.92. The summed E-state index contributed by atoms with van der Waals surface area (Å²) >= 11 is 0. The second-order valence-corrected chi connectivity index (χ2v) is 8.81. The molecule has 0 aromatic heterocycles. The van der Waals surface area contributed by atoms with Crippen molar-refractivity contribution in [2.75, 3.05) is 32.6 Å². The third kappa shape index (κ3) is 5.40. The van der Waals surface area contributed by atoms with E-state index in [2.05, 4.69) is 5.32 Å². The van der Waals surface area contributed by atoms with Gasteiger partial charge in [0.2, 0.25) is 15.9 Å². The third-order valence-corrected chi connectivity index (χ3v) is 6.65. The van der Waals surface area contributed by atoms with E-state index in [1.807, 2.05) is 30.3 Å². The minimum Gasteiger partial charge on any atom is -0.497 e. The molecule has 2 aromatic carbocycles. The van der Waals surface area contributed by atoms with Gasteiger partial charge in [-0.2, -0.15) is 4.31 Å². The van der Waals surface area contributed by atoms with E-state index in [4.69, 9.17) is 9.47 Å². The Morgan fingerprint density at radius 3 is 2.40 bits per heavy atom. The van der Waals surface area contributed by atoms with Crippen LogP contribution in [0.25, 0.3) is 6.08 Å². The topological polar surface area (TPSA) is 84.9 Å². The molecule has 30 heavy (non-hydrogen) atoms. The fraction of sp³-hybridized carbons (Fsp3) is 0.318. The highest BCUT2D eigenvalue weighted by Crippen LogP contribution is 2.30. The van der Waals surface area contributed by atoms with E-state index in [9.17, 15) is 13.2 Å². The zero-order valence-corrected chi connectivity index (χ0v) is 17.9. The molecular formula is C22H26N2O5S. The van der Waals surface area contributed by atoms with Gasteiger partial charge in [-0.3, -0.25) is 4.79 Å². The molecule has 7 nitrogen and oxygen atoms in total. The van der Waals surface area contributed by atoms with Crippen LogP contribution in [-0.4, -0.2) is 45.9 Å². The number of sulfonamides is 1. The van der Waals surface area contributed by atoms with E-state index >= 15 is 0 Å². The second kappa shape index (κ2) is 9.77. The molecule has 160 valence electrons. The predicted octanol–water partition coefficient (Wildman–Crippen LogP) is 3.36. The predicted molar refractivity (Wildman–Crippen MR) is 117 cm³/mol. The summed E-state index contributed by atoms with van der Waals surface area (Å²) in [5.41, 5.74) is 1.35. The smallest absolute Gasteiger partial charge is 0.236 e. The maximum Gasteiger partial charge on any atom is 0.236 e. The first-order valence-electron chi connectivity index (χ1n) is 9.69. The van der Waals surface area contributed by atoms with Gasteiger partial charge in [-0.25, -0.2) is 8.42 Å². The lowest BCUT2D eigenvalue weighted by Gasteiger charge is -2.29. The number of benzene rings is 2. The zero-order chi connectivity index (χ0) is 21.6. The summed E-state index contributed by atoms with van der Waals surface area (Å²) in [5, 5.41) is 4.11. The van der Waals surface area contributed by atoms with Crippen molar-refractivity contribution in [2.45, 2.75) is 12.8 Å². The number of ether oxygens (including phenoxy) is 2. The molecule has 1 amide bonds. The number of carbonyl (C=O) groups is 1. The number of anilines is 1. The fourth-order valence-electron chi connectivity index (χ4n) is 3.33. The zero-order valence-electron chi connectivity index (χ0n) is 17.1. The summed E-state index contributed by atoms with van der Waals surface area (Å²) in [5.74, 6) is 0.719. The van der Waals surface area contributed by atoms with Crippen molar-refractivity contribution in [3.05, 3.63) is 59.5 Å². The summed E-state index contributed by atoms with van der Waals surface area (Å²) < 4.78 is 37.1. The number of amides is 1. The van der Waals surface area contributed by atoms with Crippen LogP contribution < -0.4 is 14.8 Å². The number of carbonyl (C=O) groups excluding carboxylic acids is 1. The van der Waals surface area contributed by atoms with Gasteiger partial charge in [0.15, 0.2) is 0 Å².